The third kappa shape index (κ3) is 3.57. The van der Waals surface area contributed by atoms with Crippen LogP contribution in [-0.4, -0.2) is 10.9 Å². The molecule has 5 rings (SSSR count). The number of carbonyl (C=O) groups is 1. The second-order valence-corrected chi connectivity index (χ2v) is 7.34. The van der Waals surface area contributed by atoms with Gasteiger partial charge in [0, 0.05) is 22.0 Å². The summed E-state index contributed by atoms with van der Waals surface area (Å²) in [6, 6.07) is 25.6. The molecule has 0 aliphatic heterocycles. The van der Waals surface area contributed by atoms with Crippen molar-refractivity contribution < 1.29 is 9.21 Å². The summed E-state index contributed by atoms with van der Waals surface area (Å²) in [5, 5.41) is 4.68. The number of aromatic nitrogens is 1. The quantitative estimate of drug-likeness (QED) is 0.398. The highest BCUT2D eigenvalue weighted by Crippen LogP contribution is 2.24. The Morgan fingerprint density at radius 2 is 1.71 bits per heavy atom. The molecule has 31 heavy (non-hydrogen) atoms. The number of hydrogen-bond acceptors (Lipinski definition) is 4. The Hall–Kier alpha value is -4.25. The van der Waals surface area contributed by atoms with E-state index >= 15 is 0 Å². The number of para-hydroxylation sites is 1. The lowest BCUT2D eigenvalue weighted by atomic mass is 10.0. The van der Waals surface area contributed by atoms with E-state index in [0.29, 0.717) is 28.0 Å². The number of carbonyl (C=O) groups excluding carboxylic acids is 1. The normalized spacial score (nSPS) is 11.0. The lowest BCUT2D eigenvalue weighted by molar-refractivity contribution is 0.102. The molecule has 2 aromatic heterocycles. The Bertz CT molecular complexity index is 1500. The van der Waals surface area contributed by atoms with Crippen molar-refractivity contribution in [2.75, 3.05) is 5.32 Å². The second kappa shape index (κ2) is 7.54. The molecule has 1 N–H and O–H groups in total. The molecule has 0 bridgehead atoms. The first kappa shape index (κ1) is 18.8. The van der Waals surface area contributed by atoms with Gasteiger partial charge in [0.1, 0.15) is 5.58 Å². The van der Waals surface area contributed by atoms with Crippen molar-refractivity contribution >= 4 is 33.5 Å². The zero-order valence-corrected chi connectivity index (χ0v) is 16.8. The van der Waals surface area contributed by atoms with Gasteiger partial charge in [0.2, 0.25) is 0 Å². The average Bonchev–Trinajstić information content (AvgIpc) is 2.78. The van der Waals surface area contributed by atoms with Gasteiger partial charge in [-0.3, -0.25) is 9.78 Å². The maximum absolute atomic E-state index is 12.8. The smallest absolute Gasteiger partial charge is 0.344 e. The highest BCUT2D eigenvalue weighted by molar-refractivity contribution is 6.08. The van der Waals surface area contributed by atoms with Crippen molar-refractivity contribution in [3.8, 4) is 11.1 Å². The minimum atomic E-state index is -0.408. The van der Waals surface area contributed by atoms with Gasteiger partial charge in [0.25, 0.3) is 5.91 Å². The largest absolute Gasteiger partial charge is 0.422 e. The van der Waals surface area contributed by atoms with E-state index in [1.165, 1.54) is 0 Å². The number of aryl methyl sites for hydroxylation is 1. The van der Waals surface area contributed by atoms with Gasteiger partial charge in [-0.15, -0.1) is 0 Å². The van der Waals surface area contributed by atoms with E-state index in [9.17, 15) is 9.59 Å². The monoisotopic (exact) mass is 406 g/mol. The number of hydrogen-bond donors (Lipinski definition) is 1. The van der Waals surface area contributed by atoms with Crippen molar-refractivity contribution in [2.24, 2.45) is 0 Å². The third-order valence-electron chi connectivity index (χ3n) is 5.22. The Balaban J connectivity index is 1.44. The molecule has 1 amide bonds. The van der Waals surface area contributed by atoms with Crippen LogP contribution in [0.25, 0.3) is 33.0 Å². The number of nitrogens with zero attached hydrogens (tertiary/aromatic N) is 1. The first-order chi connectivity index (χ1) is 15.1. The number of pyridine rings is 1. The fourth-order valence-corrected chi connectivity index (χ4v) is 3.62. The van der Waals surface area contributed by atoms with Gasteiger partial charge in [0.05, 0.1) is 16.8 Å². The molecular weight excluding hydrogens is 388 g/mol. The van der Waals surface area contributed by atoms with Gasteiger partial charge < -0.3 is 9.73 Å². The zero-order chi connectivity index (χ0) is 21.4. The van der Waals surface area contributed by atoms with Gasteiger partial charge in [0.15, 0.2) is 0 Å². The molecule has 150 valence electrons. The molecule has 0 saturated carbocycles. The number of rotatable bonds is 3. The number of benzene rings is 3. The molecule has 0 fully saturated rings. The fourth-order valence-electron chi connectivity index (χ4n) is 3.62. The fraction of sp³-hybridized carbons (Fsp3) is 0.0385. The molecule has 5 nitrogen and oxygen atoms in total. The van der Waals surface area contributed by atoms with E-state index in [1.807, 2.05) is 55.5 Å². The molecule has 5 aromatic rings. The van der Waals surface area contributed by atoms with E-state index < -0.39 is 5.63 Å². The van der Waals surface area contributed by atoms with E-state index in [1.54, 1.807) is 36.4 Å². The SMILES string of the molecule is Cc1ccc2c(NC(=O)c3ccc(-c4cc5ccccc5oc4=O)cc3)cccc2n1. The van der Waals surface area contributed by atoms with Crippen LogP contribution >= 0.6 is 0 Å². The summed E-state index contributed by atoms with van der Waals surface area (Å²) >= 11 is 0. The standard InChI is InChI=1S/C26H18N2O3/c1-16-9-14-20-22(27-16)6-4-7-23(20)28-25(29)18-12-10-17(11-13-18)21-15-19-5-2-3-8-24(19)31-26(21)30/h2-15H,1H3,(H,28,29). The highest BCUT2D eigenvalue weighted by atomic mass is 16.4. The number of nitrogens with one attached hydrogen (secondary N) is 1. The topological polar surface area (TPSA) is 72.2 Å². The molecular formula is C26H18N2O3. The number of fused-ring (bicyclic) bond motifs is 2. The maximum Gasteiger partial charge on any atom is 0.344 e. The summed E-state index contributed by atoms with van der Waals surface area (Å²) in [5.41, 5.74) is 4.24. The molecule has 0 unspecified atom stereocenters. The summed E-state index contributed by atoms with van der Waals surface area (Å²) in [5.74, 6) is -0.231. The van der Waals surface area contributed by atoms with Crippen molar-refractivity contribution in [1.29, 1.82) is 0 Å². The van der Waals surface area contributed by atoms with Crippen LogP contribution in [0.4, 0.5) is 5.69 Å². The maximum atomic E-state index is 12.8. The van der Waals surface area contributed by atoms with Crippen LogP contribution in [0.3, 0.4) is 0 Å². The van der Waals surface area contributed by atoms with E-state index in [2.05, 4.69) is 10.3 Å². The molecule has 0 radical (unpaired) electrons. The Morgan fingerprint density at radius 1 is 0.903 bits per heavy atom. The van der Waals surface area contributed by atoms with Crippen LogP contribution in [0.15, 0.2) is 94.1 Å². The van der Waals surface area contributed by atoms with Gasteiger partial charge >= 0.3 is 5.63 Å². The van der Waals surface area contributed by atoms with Crippen LogP contribution < -0.4 is 10.9 Å². The van der Waals surface area contributed by atoms with Crippen molar-refractivity contribution in [3.63, 3.8) is 0 Å². The van der Waals surface area contributed by atoms with Gasteiger partial charge in [-0.25, -0.2) is 4.79 Å². The van der Waals surface area contributed by atoms with Crippen LogP contribution in [0.2, 0.25) is 0 Å². The van der Waals surface area contributed by atoms with Gasteiger partial charge in [-0.05, 0) is 61.0 Å². The van der Waals surface area contributed by atoms with Crippen LogP contribution in [0, 0.1) is 6.92 Å². The lowest BCUT2D eigenvalue weighted by Gasteiger charge is -2.09. The molecule has 5 heteroatoms. The predicted molar refractivity (Wildman–Crippen MR) is 122 cm³/mol. The summed E-state index contributed by atoms with van der Waals surface area (Å²) in [6.07, 6.45) is 0. The van der Waals surface area contributed by atoms with Crippen molar-refractivity contribution in [2.45, 2.75) is 6.92 Å². The Labute approximate surface area is 178 Å². The van der Waals surface area contributed by atoms with E-state index in [4.69, 9.17) is 4.42 Å². The van der Waals surface area contributed by atoms with Crippen molar-refractivity contribution in [1.82, 2.24) is 4.98 Å². The molecule has 3 aromatic carbocycles. The summed E-state index contributed by atoms with van der Waals surface area (Å²) < 4.78 is 5.41. The highest BCUT2D eigenvalue weighted by Gasteiger charge is 2.11. The molecule has 0 spiro atoms. The number of anilines is 1. The average molecular weight is 406 g/mol. The third-order valence-corrected chi connectivity index (χ3v) is 5.22. The van der Waals surface area contributed by atoms with Crippen LogP contribution in [0.5, 0.6) is 0 Å². The van der Waals surface area contributed by atoms with E-state index in [-0.39, 0.29) is 5.91 Å². The van der Waals surface area contributed by atoms with Crippen molar-refractivity contribution in [3.05, 3.63) is 107 Å². The first-order valence-electron chi connectivity index (χ1n) is 9.89. The molecule has 0 saturated heterocycles. The summed E-state index contributed by atoms with van der Waals surface area (Å²) in [6.45, 7) is 1.93. The molecule has 2 heterocycles. The predicted octanol–water partition coefficient (Wildman–Crippen LogP) is 5.57. The summed E-state index contributed by atoms with van der Waals surface area (Å²) in [7, 11) is 0. The molecule has 0 atom stereocenters. The lowest BCUT2D eigenvalue weighted by Crippen LogP contribution is -2.12. The minimum absolute atomic E-state index is 0.231. The van der Waals surface area contributed by atoms with Gasteiger partial charge in [-0.2, -0.15) is 0 Å². The summed E-state index contributed by atoms with van der Waals surface area (Å²) in [4.78, 5) is 29.7. The molecule has 0 aliphatic carbocycles. The zero-order valence-electron chi connectivity index (χ0n) is 16.8. The van der Waals surface area contributed by atoms with E-state index in [0.717, 1.165) is 22.0 Å². The van der Waals surface area contributed by atoms with Crippen LogP contribution in [0.1, 0.15) is 16.1 Å². The minimum Gasteiger partial charge on any atom is -0.422 e. The first-order valence-corrected chi connectivity index (χ1v) is 9.89. The molecule has 0 aliphatic rings. The van der Waals surface area contributed by atoms with Crippen LogP contribution in [-0.2, 0) is 0 Å². The Kier molecular flexibility index (Phi) is 4.56. The number of amides is 1. The second-order valence-electron chi connectivity index (χ2n) is 7.34. The van der Waals surface area contributed by atoms with Gasteiger partial charge in [-0.1, -0.05) is 36.4 Å². The Morgan fingerprint density at radius 3 is 2.55 bits per heavy atom.